The van der Waals surface area contributed by atoms with Crippen LogP contribution >= 0.6 is 0 Å². The smallest absolute Gasteiger partial charge is 0.321 e. The molecule has 5 heteroatoms. The summed E-state index contributed by atoms with van der Waals surface area (Å²) in [6, 6.07) is 27.4. The van der Waals surface area contributed by atoms with E-state index in [2.05, 4.69) is 22.8 Å². The SMILES string of the molecule is O=C(NC1CCN(C(=O)Nc2ccccc2Cc2ccccc2)CC1)c1ccccc1. The monoisotopic (exact) mass is 413 g/mol. The molecule has 4 rings (SSSR count). The van der Waals surface area contributed by atoms with Crippen LogP contribution in [0.15, 0.2) is 84.9 Å². The Morgan fingerprint density at radius 3 is 2.13 bits per heavy atom. The van der Waals surface area contributed by atoms with Crippen LogP contribution in [0.5, 0.6) is 0 Å². The summed E-state index contributed by atoms with van der Waals surface area (Å²) < 4.78 is 0. The Labute approximate surface area is 183 Å². The highest BCUT2D eigenvalue weighted by molar-refractivity contribution is 5.94. The maximum absolute atomic E-state index is 12.8. The number of carbonyl (C=O) groups excluding carboxylic acids is 2. The van der Waals surface area contributed by atoms with Crippen LogP contribution in [0, 0.1) is 0 Å². The fraction of sp³-hybridized carbons (Fsp3) is 0.231. The van der Waals surface area contributed by atoms with Crippen molar-refractivity contribution < 1.29 is 9.59 Å². The molecule has 2 N–H and O–H groups in total. The number of nitrogens with one attached hydrogen (secondary N) is 2. The Kier molecular flexibility index (Phi) is 6.62. The number of hydrogen-bond donors (Lipinski definition) is 2. The van der Waals surface area contributed by atoms with Crippen molar-refractivity contribution in [3.05, 3.63) is 102 Å². The van der Waals surface area contributed by atoms with Crippen LogP contribution in [-0.4, -0.2) is 36.0 Å². The molecular weight excluding hydrogens is 386 g/mol. The molecule has 0 aromatic heterocycles. The molecule has 0 bridgehead atoms. The van der Waals surface area contributed by atoms with Crippen LogP contribution in [0.2, 0.25) is 0 Å². The number of hydrogen-bond acceptors (Lipinski definition) is 2. The van der Waals surface area contributed by atoms with Gasteiger partial charge in [-0.25, -0.2) is 4.79 Å². The first-order chi connectivity index (χ1) is 15.2. The van der Waals surface area contributed by atoms with Crippen molar-refractivity contribution in [1.82, 2.24) is 10.2 Å². The number of rotatable bonds is 5. The Morgan fingerprint density at radius 1 is 0.806 bits per heavy atom. The maximum atomic E-state index is 12.8. The van der Waals surface area contributed by atoms with Gasteiger partial charge >= 0.3 is 6.03 Å². The molecule has 0 aliphatic carbocycles. The van der Waals surface area contributed by atoms with Gasteiger partial charge in [-0.1, -0.05) is 66.7 Å². The third kappa shape index (κ3) is 5.51. The van der Waals surface area contributed by atoms with Gasteiger partial charge in [-0.2, -0.15) is 0 Å². The Bertz CT molecular complexity index is 1010. The summed E-state index contributed by atoms with van der Waals surface area (Å²) in [5.74, 6) is -0.0571. The van der Waals surface area contributed by atoms with Gasteiger partial charge in [0.15, 0.2) is 0 Å². The summed E-state index contributed by atoms with van der Waals surface area (Å²) >= 11 is 0. The molecule has 1 saturated heterocycles. The first-order valence-electron chi connectivity index (χ1n) is 10.7. The highest BCUT2D eigenvalue weighted by atomic mass is 16.2. The number of anilines is 1. The van der Waals surface area contributed by atoms with Crippen molar-refractivity contribution in [2.75, 3.05) is 18.4 Å². The summed E-state index contributed by atoms with van der Waals surface area (Å²) in [7, 11) is 0. The predicted molar refractivity (Wildman–Crippen MR) is 123 cm³/mol. The fourth-order valence-corrected chi connectivity index (χ4v) is 3.89. The van der Waals surface area contributed by atoms with Gasteiger partial charge in [0, 0.05) is 30.4 Å². The van der Waals surface area contributed by atoms with E-state index in [1.54, 1.807) is 0 Å². The average Bonchev–Trinajstić information content (AvgIpc) is 2.82. The van der Waals surface area contributed by atoms with Gasteiger partial charge in [0.2, 0.25) is 0 Å². The minimum atomic E-state index is -0.0895. The number of likely N-dealkylation sites (tertiary alicyclic amines) is 1. The molecule has 3 aromatic carbocycles. The summed E-state index contributed by atoms with van der Waals surface area (Å²) in [6.07, 6.45) is 2.26. The van der Waals surface area contributed by atoms with E-state index in [9.17, 15) is 9.59 Å². The molecule has 0 spiro atoms. The van der Waals surface area contributed by atoms with Crippen molar-refractivity contribution in [3.63, 3.8) is 0 Å². The van der Waals surface area contributed by atoms with Gasteiger partial charge in [0.25, 0.3) is 5.91 Å². The van der Waals surface area contributed by atoms with Crippen molar-refractivity contribution >= 4 is 17.6 Å². The maximum Gasteiger partial charge on any atom is 0.321 e. The topological polar surface area (TPSA) is 61.4 Å². The third-order valence-corrected chi connectivity index (χ3v) is 5.65. The molecule has 3 amide bonds. The molecule has 1 aliphatic rings. The normalized spacial score (nSPS) is 14.1. The molecule has 31 heavy (non-hydrogen) atoms. The average molecular weight is 414 g/mol. The summed E-state index contributed by atoms with van der Waals surface area (Å²) in [4.78, 5) is 27.0. The highest BCUT2D eigenvalue weighted by Crippen LogP contribution is 2.20. The van der Waals surface area contributed by atoms with Crippen LogP contribution in [0.3, 0.4) is 0 Å². The van der Waals surface area contributed by atoms with Crippen molar-refractivity contribution in [2.45, 2.75) is 25.3 Å². The van der Waals surface area contributed by atoms with Gasteiger partial charge in [-0.3, -0.25) is 4.79 Å². The van der Waals surface area contributed by atoms with Gasteiger partial charge < -0.3 is 15.5 Å². The lowest BCUT2D eigenvalue weighted by Crippen LogP contribution is -2.47. The van der Waals surface area contributed by atoms with E-state index in [0.29, 0.717) is 18.7 Å². The number of carbonyl (C=O) groups is 2. The number of benzene rings is 3. The zero-order chi connectivity index (χ0) is 21.5. The summed E-state index contributed by atoms with van der Waals surface area (Å²) in [5.41, 5.74) is 3.81. The number of amides is 3. The van der Waals surface area contributed by atoms with Crippen LogP contribution in [-0.2, 0) is 6.42 Å². The van der Waals surface area contributed by atoms with E-state index >= 15 is 0 Å². The Morgan fingerprint density at radius 2 is 1.42 bits per heavy atom. The molecule has 1 fully saturated rings. The van der Waals surface area contributed by atoms with E-state index in [1.807, 2.05) is 77.7 Å². The molecule has 0 unspecified atom stereocenters. The molecule has 1 heterocycles. The van der Waals surface area contributed by atoms with Gasteiger partial charge in [0.1, 0.15) is 0 Å². The molecule has 3 aromatic rings. The molecule has 0 atom stereocenters. The zero-order valence-corrected chi connectivity index (χ0v) is 17.5. The van der Waals surface area contributed by atoms with Crippen molar-refractivity contribution in [1.29, 1.82) is 0 Å². The van der Waals surface area contributed by atoms with Gasteiger partial charge in [0.05, 0.1) is 0 Å². The number of urea groups is 1. The van der Waals surface area contributed by atoms with E-state index in [-0.39, 0.29) is 18.0 Å². The second kappa shape index (κ2) is 9.94. The highest BCUT2D eigenvalue weighted by Gasteiger charge is 2.24. The van der Waals surface area contributed by atoms with Crippen LogP contribution in [0.25, 0.3) is 0 Å². The first kappa shape index (κ1) is 20.7. The largest absolute Gasteiger partial charge is 0.349 e. The quantitative estimate of drug-likeness (QED) is 0.637. The van der Waals surface area contributed by atoms with Gasteiger partial charge in [-0.15, -0.1) is 0 Å². The first-order valence-corrected chi connectivity index (χ1v) is 10.7. The van der Waals surface area contributed by atoms with Crippen LogP contribution in [0.4, 0.5) is 10.5 Å². The van der Waals surface area contributed by atoms with E-state index in [4.69, 9.17) is 0 Å². The second-order valence-electron chi connectivity index (χ2n) is 7.85. The molecule has 158 valence electrons. The summed E-state index contributed by atoms with van der Waals surface area (Å²) in [6.45, 7) is 1.23. The standard InChI is InChI=1S/C26H27N3O2/c30-25(21-11-5-2-6-12-21)27-23-15-17-29(18-16-23)26(31)28-24-14-8-7-13-22(24)19-20-9-3-1-4-10-20/h1-14,23H,15-19H2,(H,27,30)(H,28,31). The lowest BCUT2D eigenvalue weighted by atomic mass is 10.0. The summed E-state index contributed by atoms with van der Waals surface area (Å²) in [5, 5.41) is 6.17. The Hall–Kier alpha value is -3.60. The second-order valence-corrected chi connectivity index (χ2v) is 7.85. The molecule has 1 aliphatic heterocycles. The number of para-hydroxylation sites is 1. The van der Waals surface area contributed by atoms with E-state index in [1.165, 1.54) is 5.56 Å². The van der Waals surface area contributed by atoms with Crippen molar-refractivity contribution in [3.8, 4) is 0 Å². The predicted octanol–water partition coefficient (Wildman–Crippen LogP) is 4.70. The third-order valence-electron chi connectivity index (χ3n) is 5.65. The molecule has 5 nitrogen and oxygen atoms in total. The molecule has 0 radical (unpaired) electrons. The van der Waals surface area contributed by atoms with Crippen LogP contribution < -0.4 is 10.6 Å². The fourth-order valence-electron chi connectivity index (χ4n) is 3.89. The molecule has 0 saturated carbocycles. The van der Waals surface area contributed by atoms with Crippen molar-refractivity contribution in [2.24, 2.45) is 0 Å². The van der Waals surface area contributed by atoms with E-state index < -0.39 is 0 Å². The van der Waals surface area contributed by atoms with Gasteiger partial charge in [-0.05, 0) is 48.6 Å². The lowest BCUT2D eigenvalue weighted by Gasteiger charge is -2.32. The Balaban J connectivity index is 1.31. The zero-order valence-electron chi connectivity index (χ0n) is 17.5. The minimum absolute atomic E-state index is 0.0571. The minimum Gasteiger partial charge on any atom is -0.349 e. The lowest BCUT2D eigenvalue weighted by molar-refractivity contribution is 0.0919. The molecular formula is C26H27N3O2. The van der Waals surface area contributed by atoms with Crippen LogP contribution in [0.1, 0.15) is 34.3 Å². The number of nitrogens with zero attached hydrogens (tertiary/aromatic N) is 1. The number of piperidine rings is 1. The van der Waals surface area contributed by atoms with E-state index in [0.717, 1.165) is 30.5 Å².